The van der Waals surface area contributed by atoms with Gasteiger partial charge in [0.1, 0.15) is 0 Å². The summed E-state index contributed by atoms with van der Waals surface area (Å²) in [5.74, 6) is -0.0583. The van der Waals surface area contributed by atoms with Crippen LogP contribution in [0.5, 0.6) is 0 Å². The van der Waals surface area contributed by atoms with Gasteiger partial charge in [-0.3, -0.25) is 4.79 Å². The number of hydrogen-bond donors (Lipinski definition) is 2. The molecular weight excluding hydrogens is 272 g/mol. The van der Waals surface area contributed by atoms with E-state index in [-0.39, 0.29) is 5.91 Å². The van der Waals surface area contributed by atoms with Crippen LogP contribution in [0.15, 0.2) is 54.7 Å². The van der Waals surface area contributed by atoms with E-state index >= 15 is 0 Å². The molecule has 0 bridgehead atoms. The van der Waals surface area contributed by atoms with Crippen LogP contribution in [0.25, 0.3) is 10.9 Å². The van der Waals surface area contributed by atoms with Crippen LogP contribution in [0.3, 0.4) is 0 Å². The van der Waals surface area contributed by atoms with Crippen molar-refractivity contribution in [1.29, 1.82) is 0 Å². The van der Waals surface area contributed by atoms with Crippen LogP contribution in [0.4, 0.5) is 5.69 Å². The monoisotopic (exact) mass is 284 g/mol. The van der Waals surface area contributed by atoms with Crippen molar-refractivity contribution >= 4 is 34.1 Å². The molecule has 1 aromatic heterocycles. The summed E-state index contributed by atoms with van der Waals surface area (Å²) in [4.78, 5) is 15.2. The molecule has 3 rings (SSSR count). The summed E-state index contributed by atoms with van der Waals surface area (Å²) in [5.41, 5.74) is 2.70. The molecule has 0 aliphatic rings. The lowest BCUT2D eigenvalue weighted by molar-refractivity contribution is -0.115. The minimum absolute atomic E-state index is 0.0583. The topological polar surface area (TPSA) is 44.9 Å². The van der Waals surface area contributed by atoms with Gasteiger partial charge in [0.2, 0.25) is 5.91 Å². The van der Waals surface area contributed by atoms with Gasteiger partial charge in [-0.05, 0) is 23.8 Å². The molecule has 0 saturated carbocycles. The normalized spacial score (nSPS) is 10.7. The third-order valence-corrected chi connectivity index (χ3v) is 3.35. The second-order valence-corrected chi connectivity index (χ2v) is 5.04. The summed E-state index contributed by atoms with van der Waals surface area (Å²) in [6.07, 6.45) is 2.11. The lowest BCUT2D eigenvalue weighted by Crippen LogP contribution is -2.14. The highest BCUT2D eigenvalue weighted by atomic mass is 35.5. The Morgan fingerprint density at radius 2 is 2.00 bits per heavy atom. The Labute approximate surface area is 121 Å². The quantitative estimate of drug-likeness (QED) is 0.750. The lowest BCUT2D eigenvalue weighted by atomic mass is 10.1. The van der Waals surface area contributed by atoms with E-state index in [1.807, 2.05) is 36.4 Å². The fourth-order valence-electron chi connectivity index (χ4n) is 2.20. The van der Waals surface area contributed by atoms with Gasteiger partial charge < -0.3 is 10.3 Å². The van der Waals surface area contributed by atoms with Gasteiger partial charge in [-0.1, -0.05) is 41.9 Å². The summed E-state index contributed by atoms with van der Waals surface area (Å²) < 4.78 is 0. The van der Waals surface area contributed by atoms with E-state index in [1.165, 1.54) is 0 Å². The second kappa shape index (κ2) is 5.39. The molecule has 0 atom stereocenters. The molecule has 1 amide bonds. The average Bonchev–Trinajstić information content (AvgIpc) is 2.82. The first-order valence-corrected chi connectivity index (χ1v) is 6.70. The molecule has 2 N–H and O–H groups in total. The number of carbonyl (C=O) groups is 1. The summed E-state index contributed by atoms with van der Waals surface area (Å²) in [5, 5.41) is 4.57. The number of amides is 1. The number of fused-ring (bicyclic) bond motifs is 1. The summed E-state index contributed by atoms with van der Waals surface area (Å²) in [7, 11) is 0. The number of benzene rings is 2. The van der Waals surface area contributed by atoms with E-state index in [0.717, 1.165) is 22.2 Å². The predicted octanol–water partition coefficient (Wildman–Crippen LogP) is 4.00. The van der Waals surface area contributed by atoms with Gasteiger partial charge >= 0.3 is 0 Å². The highest BCUT2D eigenvalue weighted by molar-refractivity contribution is 6.30. The number of hydrogen-bond acceptors (Lipinski definition) is 1. The van der Waals surface area contributed by atoms with Crippen LogP contribution >= 0.6 is 11.6 Å². The first-order chi connectivity index (χ1) is 9.72. The zero-order valence-electron chi connectivity index (χ0n) is 10.7. The largest absolute Gasteiger partial charge is 0.359 e. The first kappa shape index (κ1) is 12.8. The zero-order valence-corrected chi connectivity index (χ0v) is 11.4. The SMILES string of the molecule is O=C(Cc1cccc(Cl)c1)Nc1c[nH]c2ccccc12. The van der Waals surface area contributed by atoms with Gasteiger partial charge in [0.15, 0.2) is 0 Å². The third-order valence-electron chi connectivity index (χ3n) is 3.12. The summed E-state index contributed by atoms with van der Waals surface area (Å²) in [6.45, 7) is 0. The summed E-state index contributed by atoms with van der Waals surface area (Å²) in [6, 6.07) is 15.2. The Morgan fingerprint density at radius 1 is 1.15 bits per heavy atom. The Kier molecular flexibility index (Phi) is 3.44. The predicted molar refractivity (Wildman–Crippen MR) is 82.1 cm³/mol. The number of para-hydroxylation sites is 1. The zero-order chi connectivity index (χ0) is 13.9. The van der Waals surface area contributed by atoms with Gasteiger partial charge in [-0.15, -0.1) is 0 Å². The smallest absolute Gasteiger partial charge is 0.228 e. The third kappa shape index (κ3) is 2.68. The van der Waals surface area contributed by atoms with Crippen molar-refractivity contribution in [2.45, 2.75) is 6.42 Å². The molecule has 0 saturated heterocycles. The van der Waals surface area contributed by atoms with Crippen LogP contribution in [0, 0.1) is 0 Å². The van der Waals surface area contributed by atoms with Gasteiger partial charge in [0.25, 0.3) is 0 Å². The molecule has 2 aromatic carbocycles. The molecule has 0 unspecified atom stereocenters. The molecule has 0 aliphatic carbocycles. The fraction of sp³-hybridized carbons (Fsp3) is 0.0625. The number of aromatic nitrogens is 1. The highest BCUT2D eigenvalue weighted by Gasteiger charge is 2.08. The van der Waals surface area contributed by atoms with Gasteiger partial charge in [-0.25, -0.2) is 0 Å². The molecule has 1 heterocycles. The number of nitrogens with one attached hydrogen (secondary N) is 2. The molecule has 0 fully saturated rings. The van der Waals surface area contributed by atoms with Crippen LogP contribution in [0.2, 0.25) is 5.02 Å². The molecule has 20 heavy (non-hydrogen) atoms. The molecule has 0 aliphatic heterocycles. The van der Waals surface area contributed by atoms with Crippen molar-refractivity contribution in [3.8, 4) is 0 Å². The van der Waals surface area contributed by atoms with Crippen LogP contribution < -0.4 is 5.32 Å². The Morgan fingerprint density at radius 3 is 2.85 bits per heavy atom. The maximum atomic E-state index is 12.1. The maximum Gasteiger partial charge on any atom is 0.228 e. The molecule has 100 valence electrons. The van der Waals surface area contributed by atoms with E-state index in [0.29, 0.717) is 11.4 Å². The summed E-state index contributed by atoms with van der Waals surface area (Å²) >= 11 is 5.91. The fourth-order valence-corrected chi connectivity index (χ4v) is 2.41. The minimum Gasteiger partial charge on any atom is -0.359 e. The van der Waals surface area contributed by atoms with Gasteiger partial charge in [-0.2, -0.15) is 0 Å². The van der Waals surface area contributed by atoms with Gasteiger partial charge in [0, 0.05) is 22.1 Å². The number of halogens is 1. The number of H-pyrrole nitrogens is 1. The van der Waals surface area contributed by atoms with Crippen LogP contribution in [-0.2, 0) is 11.2 Å². The van der Waals surface area contributed by atoms with Crippen LogP contribution in [0.1, 0.15) is 5.56 Å². The van der Waals surface area contributed by atoms with Crippen molar-refractivity contribution < 1.29 is 4.79 Å². The molecular formula is C16H13ClN2O. The van der Waals surface area contributed by atoms with E-state index in [9.17, 15) is 4.79 Å². The number of carbonyl (C=O) groups excluding carboxylic acids is 1. The first-order valence-electron chi connectivity index (χ1n) is 6.33. The molecule has 0 spiro atoms. The Hall–Kier alpha value is -2.26. The average molecular weight is 285 g/mol. The van der Waals surface area contributed by atoms with Crippen molar-refractivity contribution in [3.05, 3.63) is 65.3 Å². The van der Waals surface area contributed by atoms with E-state index < -0.39 is 0 Å². The molecule has 4 heteroatoms. The highest BCUT2D eigenvalue weighted by Crippen LogP contribution is 2.22. The van der Waals surface area contributed by atoms with Crippen molar-refractivity contribution in [2.75, 3.05) is 5.32 Å². The van der Waals surface area contributed by atoms with Crippen LogP contribution in [-0.4, -0.2) is 10.9 Å². The second-order valence-electron chi connectivity index (χ2n) is 4.60. The van der Waals surface area contributed by atoms with Crippen molar-refractivity contribution in [3.63, 3.8) is 0 Å². The minimum atomic E-state index is -0.0583. The number of aromatic amines is 1. The maximum absolute atomic E-state index is 12.1. The van der Waals surface area contributed by atoms with E-state index in [4.69, 9.17) is 11.6 Å². The standard InChI is InChI=1S/C16H13ClN2O/c17-12-5-3-4-11(8-12)9-16(20)19-15-10-18-14-7-2-1-6-13(14)15/h1-8,10,18H,9H2,(H,19,20). The van der Waals surface area contributed by atoms with E-state index in [2.05, 4.69) is 10.3 Å². The molecule has 3 nitrogen and oxygen atoms in total. The lowest BCUT2D eigenvalue weighted by Gasteiger charge is -2.04. The van der Waals surface area contributed by atoms with Gasteiger partial charge in [0.05, 0.1) is 12.1 Å². The number of anilines is 1. The molecule has 0 radical (unpaired) electrons. The van der Waals surface area contributed by atoms with Crippen molar-refractivity contribution in [2.24, 2.45) is 0 Å². The molecule has 3 aromatic rings. The van der Waals surface area contributed by atoms with E-state index in [1.54, 1.807) is 18.3 Å². The van der Waals surface area contributed by atoms with Crippen molar-refractivity contribution in [1.82, 2.24) is 4.98 Å². The Balaban J connectivity index is 1.76. The Bertz CT molecular complexity index is 764. The number of rotatable bonds is 3.